The smallest absolute Gasteiger partial charge is 0.228 e. The van der Waals surface area contributed by atoms with Crippen LogP contribution in [0.1, 0.15) is 40.5 Å². The van der Waals surface area contributed by atoms with Gasteiger partial charge < -0.3 is 15.0 Å². The van der Waals surface area contributed by atoms with E-state index in [-0.39, 0.29) is 11.3 Å². The van der Waals surface area contributed by atoms with Gasteiger partial charge in [0.05, 0.1) is 6.61 Å². The first-order valence-corrected chi connectivity index (χ1v) is 7.88. The molecule has 4 nitrogen and oxygen atoms in total. The normalized spacial score (nSPS) is 20.2. The van der Waals surface area contributed by atoms with Gasteiger partial charge in [0.2, 0.25) is 5.91 Å². The molecule has 1 aliphatic heterocycles. The molecule has 0 spiro atoms. The molecule has 1 heterocycles. The lowest BCUT2D eigenvalue weighted by atomic mass is 9.74. The quantitative estimate of drug-likeness (QED) is 0.779. The SMILES string of the molecule is COCCN(CC(C)C)C(=O)C(C)(C)C1CCCNC1. The summed E-state index contributed by atoms with van der Waals surface area (Å²) in [6, 6.07) is 0. The molecule has 1 atom stereocenters. The molecule has 1 fully saturated rings. The van der Waals surface area contributed by atoms with Crippen LogP contribution in [0.3, 0.4) is 0 Å². The van der Waals surface area contributed by atoms with Crippen molar-refractivity contribution in [3.63, 3.8) is 0 Å². The van der Waals surface area contributed by atoms with Crippen LogP contribution in [0.15, 0.2) is 0 Å². The van der Waals surface area contributed by atoms with Crippen molar-refractivity contribution >= 4 is 5.91 Å². The van der Waals surface area contributed by atoms with Crippen molar-refractivity contribution in [2.45, 2.75) is 40.5 Å². The van der Waals surface area contributed by atoms with Crippen LogP contribution in [-0.4, -0.2) is 50.7 Å². The second-order valence-corrected chi connectivity index (χ2v) is 6.90. The fourth-order valence-electron chi connectivity index (χ4n) is 2.97. The third kappa shape index (κ3) is 4.74. The Balaban J connectivity index is 2.73. The molecule has 1 amide bonds. The van der Waals surface area contributed by atoms with Crippen LogP contribution < -0.4 is 5.32 Å². The Morgan fingerprint density at radius 3 is 2.65 bits per heavy atom. The van der Waals surface area contributed by atoms with Gasteiger partial charge in [-0.2, -0.15) is 0 Å². The van der Waals surface area contributed by atoms with Crippen molar-refractivity contribution in [1.29, 1.82) is 0 Å². The number of rotatable bonds is 7. The number of hydrogen-bond acceptors (Lipinski definition) is 3. The first-order chi connectivity index (χ1) is 9.39. The lowest BCUT2D eigenvalue weighted by molar-refractivity contribution is -0.145. The van der Waals surface area contributed by atoms with E-state index in [4.69, 9.17) is 4.74 Å². The van der Waals surface area contributed by atoms with E-state index < -0.39 is 0 Å². The summed E-state index contributed by atoms with van der Waals surface area (Å²) in [5, 5.41) is 3.42. The maximum Gasteiger partial charge on any atom is 0.228 e. The summed E-state index contributed by atoms with van der Waals surface area (Å²) < 4.78 is 5.16. The number of carbonyl (C=O) groups is 1. The van der Waals surface area contributed by atoms with Crippen LogP contribution >= 0.6 is 0 Å². The number of amides is 1. The zero-order valence-electron chi connectivity index (χ0n) is 13.9. The summed E-state index contributed by atoms with van der Waals surface area (Å²) in [5.41, 5.74) is -0.296. The van der Waals surface area contributed by atoms with Crippen molar-refractivity contribution in [2.24, 2.45) is 17.3 Å². The van der Waals surface area contributed by atoms with Gasteiger partial charge >= 0.3 is 0 Å². The van der Waals surface area contributed by atoms with Gasteiger partial charge in [-0.1, -0.05) is 27.7 Å². The molecule has 4 heteroatoms. The summed E-state index contributed by atoms with van der Waals surface area (Å²) in [6.45, 7) is 12.7. The van der Waals surface area contributed by atoms with E-state index in [1.54, 1.807) is 7.11 Å². The summed E-state index contributed by atoms with van der Waals surface area (Å²) in [4.78, 5) is 14.9. The van der Waals surface area contributed by atoms with Gasteiger partial charge in [-0.3, -0.25) is 4.79 Å². The molecule has 1 aliphatic rings. The molecule has 0 aromatic rings. The average molecular weight is 284 g/mol. The molecule has 1 N–H and O–H groups in total. The molecule has 1 saturated heterocycles. The van der Waals surface area contributed by atoms with Gasteiger partial charge in [-0.15, -0.1) is 0 Å². The monoisotopic (exact) mass is 284 g/mol. The minimum atomic E-state index is -0.296. The molecule has 0 radical (unpaired) electrons. The fourth-order valence-corrected chi connectivity index (χ4v) is 2.97. The van der Waals surface area contributed by atoms with Crippen LogP contribution in [0, 0.1) is 17.3 Å². The van der Waals surface area contributed by atoms with Crippen molar-refractivity contribution in [3.05, 3.63) is 0 Å². The molecule has 0 aromatic heterocycles. The highest BCUT2D eigenvalue weighted by Gasteiger charge is 2.39. The van der Waals surface area contributed by atoms with Crippen molar-refractivity contribution in [2.75, 3.05) is 39.9 Å². The Kier molecular flexibility index (Phi) is 6.96. The van der Waals surface area contributed by atoms with E-state index in [0.29, 0.717) is 25.0 Å². The summed E-state index contributed by atoms with van der Waals surface area (Å²) in [6.07, 6.45) is 2.31. The maximum atomic E-state index is 12.9. The Hall–Kier alpha value is -0.610. The molecule has 1 unspecified atom stereocenters. The van der Waals surface area contributed by atoms with Gasteiger partial charge in [0, 0.05) is 25.6 Å². The highest BCUT2D eigenvalue weighted by Crippen LogP contribution is 2.33. The van der Waals surface area contributed by atoms with E-state index in [9.17, 15) is 4.79 Å². The van der Waals surface area contributed by atoms with E-state index in [1.807, 2.05) is 4.90 Å². The number of nitrogens with one attached hydrogen (secondary N) is 1. The van der Waals surface area contributed by atoms with Gasteiger partial charge in [-0.05, 0) is 37.8 Å². The number of ether oxygens (including phenoxy) is 1. The van der Waals surface area contributed by atoms with Crippen LogP contribution in [-0.2, 0) is 9.53 Å². The third-order valence-electron chi connectivity index (χ3n) is 4.31. The van der Waals surface area contributed by atoms with E-state index in [2.05, 4.69) is 33.0 Å². The first kappa shape index (κ1) is 17.4. The van der Waals surface area contributed by atoms with Gasteiger partial charge in [0.1, 0.15) is 0 Å². The molecule has 1 rings (SSSR count). The Labute approximate surface area is 124 Å². The predicted molar refractivity (Wildman–Crippen MR) is 82.7 cm³/mol. The topological polar surface area (TPSA) is 41.6 Å². The number of piperidine rings is 1. The summed E-state index contributed by atoms with van der Waals surface area (Å²) in [7, 11) is 1.69. The Morgan fingerprint density at radius 2 is 2.15 bits per heavy atom. The van der Waals surface area contributed by atoms with Crippen LogP contribution in [0.2, 0.25) is 0 Å². The molecule has 0 aromatic carbocycles. The van der Waals surface area contributed by atoms with Gasteiger partial charge in [0.25, 0.3) is 0 Å². The van der Waals surface area contributed by atoms with Gasteiger partial charge in [0.15, 0.2) is 0 Å². The largest absolute Gasteiger partial charge is 0.383 e. The van der Waals surface area contributed by atoms with E-state index >= 15 is 0 Å². The number of nitrogens with zero attached hydrogens (tertiary/aromatic N) is 1. The maximum absolute atomic E-state index is 12.9. The minimum absolute atomic E-state index is 0.275. The number of methoxy groups -OCH3 is 1. The van der Waals surface area contributed by atoms with Gasteiger partial charge in [-0.25, -0.2) is 0 Å². The third-order valence-corrected chi connectivity index (χ3v) is 4.31. The van der Waals surface area contributed by atoms with Crippen LogP contribution in [0.5, 0.6) is 0 Å². The van der Waals surface area contributed by atoms with Crippen molar-refractivity contribution < 1.29 is 9.53 Å². The molecule has 0 aliphatic carbocycles. The predicted octanol–water partition coefficient (Wildman–Crippen LogP) is 2.14. The minimum Gasteiger partial charge on any atom is -0.383 e. The first-order valence-electron chi connectivity index (χ1n) is 7.88. The average Bonchev–Trinajstić information content (AvgIpc) is 2.43. The zero-order chi connectivity index (χ0) is 15.2. The van der Waals surface area contributed by atoms with Crippen LogP contribution in [0.25, 0.3) is 0 Å². The van der Waals surface area contributed by atoms with E-state index in [1.165, 1.54) is 6.42 Å². The molecule has 0 saturated carbocycles. The fraction of sp³-hybridized carbons (Fsp3) is 0.938. The van der Waals surface area contributed by atoms with E-state index in [0.717, 1.165) is 26.1 Å². The number of hydrogen-bond donors (Lipinski definition) is 1. The standard InChI is InChI=1S/C16H32N2O2/c1-13(2)12-18(9-10-20-5)15(19)16(3,4)14-7-6-8-17-11-14/h13-14,17H,6-12H2,1-5H3. The molecule has 20 heavy (non-hydrogen) atoms. The molecule has 118 valence electrons. The lowest BCUT2D eigenvalue weighted by Crippen LogP contribution is -2.50. The Morgan fingerprint density at radius 1 is 1.45 bits per heavy atom. The summed E-state index contributed by atoms with van der Waals surface area (Å²) in [5.74, 6) is 1.19. The highest BCUT2D eigenvalue weighted by molar-refractivity contribution is 5.82. The Bertz CT molecular complexity index is 297. The number of carbonyl (C=O) groups excluding carboxylic acids is 1. The second kappa shape index (κ2) is 7.99. The zero-order valence-corrected chi connectivity index (χ0v) is 13.9. The molecular weight excluding hydrogens is 252 g/mol. The lowest BCUT2D eigenvalue weighted by Gasteiger charge is -2.40. The van der Waals surface area contributed by atoms with Crippen molar-refractivity contribution in [1.82, 2.24) is 10.2 Å². The van der Waals surface area contributed by atoms with Crippen molar-refractivity contribution in [3.8, 4) is 0 Å². The van der Waals surface area contributed by atoms with Crippen LogP contribution in [0.4, 0.5) is 0 Å². The highest BCUT2D eigenvalue weighted by atomic mass is 16.5. The second-order valence-electron chi connectivity index (χ2n) is 6.90. The molecular formula is C16H32N2O2. The summed E-state index contributed by atoms with van der Waals surface area (Å²) >= 11 is 0. The molecule has 0 bridgehead atoms.